The van der Waals surface area contributed by atoms with E-state index in [1.54, 1.807) is 6.33 Å². The van der Waals surface area contributed by atoms with Crippen LogP contribution in [0.1, 0.15) is 22.5 Å². The number of carbonyl (C=O) groups excluding carboxylic acids is 1. The smallest absolute Gasteiger partial charge is 0.261 e. The summed E-state index contributed by atoms with van der Waals surface area (Å²) in [7, 11) is 3.93. The number of rotatable bonds is 4. The number of carbonyl (C=O) groups is 1. The molecule has 0 saturated carbocycles. The van der Waals surface area contributed by atoms with E-state index in [1.165, 1.54) is 11.3 Å². The molecule has 1 atom stereocenters. The highest BCUT2D eigenvalue weighted by molar-refractivity contribution is 7.12. The molecule has 1 aliphatic rings. The summed E-state index contributed by atoms with van der Waals surface area (Å²) < 4.78 is 0. The lowest BCUT2D eigenvalue weighted by Crippen LogP contribution is -2.48. The van der Waals surface area contributed by atoms with Gasteiger partial charge in [-0.15, -0.1) is 11.3 Å². The highest BCUT2D eigenvalue weighted by Crippen LogP contribution is 2.21. The summed E-state index contributed by atoms with van der Waals surface area (Å²) in [6.45, 7) is 1.73. The molecule has 1 aliphatic heterocycles. The van der Waals surface area contributed by atoms with Crippen LogP contribution in [0, 0.1) is 0 Å². The van der Waals surface area contributed by atoms with Crippen molar-refractivity contribution in [2.24, 2.45) is 0 Å². The van der Waals surface area contributed by atoms with Crippen LogP contribution in [0.3, 0.4) is 0 Å². The van der Waals surface area contributed by atoms with Crippen LogP contribution in [-0.2, 0) is 0 Å². The molecule has 2 aromatic rings. The Labute approximate surface area is 140 Å². The second-order valence-corrected chi connectivity index (χ2v) is 6.81. The van der Waals surface area contributed by atoms with E-state index < -0.39 is 0 Å². The molecular weight excluding hydrogens is 310 g/mol. The van der Waals surface area contributed by atoms with Crippen molar-refractivity contribution in [2.45, 2.75) is 18.9 Å². The van der Waals surface area contributed by atoms with Crippen LogP contribution in [0.25, 0.3) is 0 Å². The second-order valence-electron chi connectivity index (χ2n) is 5.86. The summed E-state index contributed by atoms with van der Waals surface area (Å²) in [4.78, 5) is 25.8. The molecule has 3 heterocycles. The molecule has 0 radical (unpaired) electrons. The fourth-order valence-corrected chi connectivity index (χ4v) is 3.35. The zero-order valence-electron chi connectivity index (χ0n) is 13.4. The molecule has 23 heavy (non-hydrogen) atoms. The summed E-state index contributed by atoms with van der Waals surface area (Å²) in [5.74, 6) is 1.82. The number of nitrogens with zero attached hydrogens (tertiary/aromatic N) is 4. The van der Waals surface area contributed by atoms with Crippen LogP contribution < -0.4 is 15.1 Å². The van der Waals surface area contributed by atoms with Gasteiger partial charge in [0.15, 0.2) is 0 Å². The molecule has 1 saturated heterocycles. The van der Waals surface area contributed by atoms with Crippen molar-refractivity contribution in [3.8, 4) is 0 Å². The molecule has 1 N–H and O–H groups in total. The molecule has 122 valence electrons. The predicted molar refractivity (Wildman–Crippen MR) is 93.4 cm³/mol. The van der Waals surface area contributed by atoms with Gasteiger partial charge in [-0.2, -0.15) is 0 Å². The predicted octanol–water partition coefficient (Wildman–Crippen LogP) is 2.00. The summed E-state index contributed by atoms with van der Waals surface area (Å²) in [5.41, 5.74) is 0. The van der Waals surface area contributed by atoms with E-state index in [0.717, 1.165) is 42.4 Å². The van der Waals surface area contributed by atoms with Crippen molar-refractivity contribution in [1.82, 2.24) is 15.3 Å². The maximum atomic E-state index is 12.2. The third kappa shape index (κ3) is 3.79. The molecule has 0 aliphatic carbocycles. The number of aromatic nitrogens is 2. The largest absolute Gasteiger partial charge is 0.363 e. The van der Waals surface area contributed by atoms with Crippen molar-refractivity contribution >= 4 is 28.9 Å². The maximum Gasteiger partial charge on any atom is 0.261 e. The molecule has 3 rings (SSSR count). The van der Waals surface area contributed by atoms with Gasteiger partial charge in [0.2, 0.25) is 0 Å². The van der Waals surface area contributed by atoms with Crippen LogP contribution >= 0.6 is 11.3 Å². The zero-order valence-corrected chi connectivity index (χ0v) is 14.2. The van der Waals surface area contributed by atoms with Crippen LogP contribution in [-0.4, -0.2) is 49.1 Å². The van der Waals surface area contributed by atoms with Crippen molar-refractivity contribution in [2.75, 3.05) is 37.0 Å². The highest BCUT2D eigenvalue weighted by atomic mass is 32.1. The van der Waals surface area contributed by atoms with Gasteiger partial charge < -0.3 is 15.1 Å². The minimum absolute atomic E-state index is 0.0171. The normalized spacial score (nSPS) is 17.8. The SMILES string of the molecule is CN(C)c1cc(N2CCC[C@@H](NC(=O)c3cccs3)C2)ncn1. The maximum absolute atomic E-state index is 12.2. The van der Waals surface area contributed by atoms with Crippen molar-refractivity contribution in [3.05, 3.63) is 34.8 Å². The standard InChI is InChI=1S/C16H21N5OS/c1-20(2)14-9-15(18-11-17-14)21-7-3-5-12(10-21)19-16(22)13-6-4-8-23-13/h4,6,8-9,11-12H,3,5,7,10H2,1-2H3,(H,19,22)/t12-/m1/s1. The van der Waals surface area contributed by atoms with Gasteiger partial charge >= 0.3 is 0 Å². The van der Waals surface area contributed by atoms with Gasteiger partial charge in [0.25, 0.3) is 5.91 Å². The molecule has 0 spiro atoms. The second kappa shape index (κ2) is 6.95. The van der Waals surface area contributed by atoms with E-state index in [9.17, 15) is 4.79 Å². The van der Waals surface area contributed by atoms with Crippen LogP contribution in [0.5, 0.6) is 0 Å². The molecular formula is C16H21N5OS. The van der Waals surface area contributed by atoms with Gasteiger partial charge in [0, 0.05) is 39.3 Å². The van der Waals surface area contributed by atoms with E-state index in [0.29, 0.717) is 0 Å². The number of thiophene rings is 1. The van der Waals surface area contributed by atoms with E-state index in [2.05, 4.69) is 20.2 Å². The zero-order chi connectivity index (χ0) is 16.2. The minimum atomic E-state index is 0.0171. The fourth-order valence-electron chi connectivity index (χ4n) is 2.72. The van der Waals surface area contributed by atoms with Gasteiger partial charge in [-0.25, -0.2) is 9.97 Å². The quantitative estimate of drug-likeness (QED) is 0.928. The Hall–Kier alpha value is -2.15. The summed E-state index contributed by atoms with van der Waals surface area (Å²) in [6, 6.07) is 5.89. The Morgan fingerprint density at radius 2 is 2.30 bits per heavy atom. The Balaban J connectivity index is 1.66. The lowest BCUT2D eigenvalue weighted by Gasteiger charge is -2.34. The number of nitrogens with one attached hydrogen (secondary N) is 1. The Morgan fingerprint density at radius 1 is 1.43 bits per heavy atom. The molecule has 7 heteroatoms. The number of amides is 1. The number of piperidine rings is 1. The molecule has 0 aromatic carbocycles. The molecule has 0 bridgehead atoms. The first-order valence-corrected chi connectivity index (χ1v) is 8.60. The highest BCUT2D eigenvalue weighted by Gasteiger charge is 2.23. The van der Waals surface area contributed by atoms with Crippen LogP contribution in [0.15, 0.2) is 29.9 Å². The lowest BCUT2D eigenvalue weighted by molar-refractivity contribution is 0.0937. The average molecular weight is 331 g/mol. The average Bonchev–Trinajstić information content (AvgIpc) is 3.10. The number of anilines is 2. The molecule has 2 aromatic heterocycles. The van der Waals surface area contributed by atoms with Gasteiger partial charge in [-0.05, 0) is 24.3 Å². The molecule has 6 nitrogen and oxygen atoms in total. The third-order valence-electron chi connectivity index (χ3n) is 3.92. The fraction of sp³-hybridized carbons (Fsp3) is 0.438. The summed E-state index contributed by atoms with van der Waals surface area (Å²) in [6.07, 6.45) is 3.63. The number of hydrogen-bond acceptors (Lipinski definition) is 6. The number of hydrogen-bond donors (Lipinski definition) is 1. The monoisotopic (exact) mass is 331 g/mol. The van der Waals surface area contributed by atoms with Gasteiger partial charge in [0.1, 0.15) is 18.0 Å². The molecule has 1 amide bonds. The topological polar surface area (TPSA) is 61.4 Å². The van der Waals surface area contributed by atoms with E-state index >= 15 is 0 Å². The van der Waals surface area contributed by atoms with E-state index in [1.807, 2.05) is 42.6 Å². The van der Waals surface area contributed by atoms with E-state index in [4.69, 9.17) is 0 Å². The van der Waals surface area contributed by atoms with Crippen molar-refractivity contribution in [3.63, 3.8) is 0 Å². The van der Waals surface area contributed by atoms with Crippen molar-refractivity contribution < 1.29 is 4.79 Å². The third-order valence-corrected chi connectivity index (χ3v) is 4.79. The first-order valence-electron chi connectivity index (χ1n) is 7.72. The summed E-state index contributed by atoms with van der Waals surface area (Å²) in [5, 5.41) is 5.06. The Kier molecular flexibility index (Phi) is 4.76. The summed E-state index contributed by atoms with van der Waals surface area (Å²) >= 11 is 1.47. The minimum Gasteiger partial charge on any atom is -0.363 e. The van der Waals surface area contributed by atoms with Crippen LogP contribution in [0.2, 0.25) is 0 Å². The van der Waals surface area contributed by atoms with Crippen LogP contribution in [0.4, 0.5) is 11.6 Å². The molecule has 1 fully saturated rings. The molecule has 0 unspecified atom stereocenters. The van der Waals surface area contributed by atoms with Crippen molar-refractivity contribution in [1.29, 1.82) is 0 Å². The van der Waals surface area contributed by atoms with Gasteiger partial charge in [0.05, 0.1) is 4.88 Å². The van der Waals surface area contributed by atoms with Gasteiger partial charge in [-0.3, -0.25) is 4.79 Å². The first-order chi connectivity index (χ1) is 11.1. The Morgan fingerprint density at radius 3 is 3.04 bits per heavy atom. The lowest BCUT2D eigenvalue weighted by atomic mass is 10.1. The van der Waals surface area contributed by atoms with Gasteiger partial charge in [-0.1, -0.05) is 6.07 Å². The first kappa shape index (κ1) is 15.7. The Bertz CT molecular complexity index is 658. The van der Waals surface area contributed by atoms with E-state index in [-0.39, 0.29) is 11.9 Å².